The number of benzene rings is 1. The van der Waals surface area contributed by atoms with E-state index in [2.05, 4.69) is 10.3 Å². The monoisotopic (exact) mass is 372 g/mol. The number of carbonyl (C=O) groups is 1. The van der Waals surface area contributed by atoms with Crippen LogP contribution in [0, 0.1) is 6.92 Å². The molecular weight excluding hydrogens is 356 g/mol. The first-order valence-corrected chi connectivity index (χ1v) is 9.63. The summed E-state index contributed by atoms with van der Waals surface area (Å²) in [6.07, 6.45) is -0.205. The molecule has 0 aliphatic carbocycles. The topological polar surface area (TPSA) is 60.5 Å². The minimum atomic E-state index is -0.205. The van der Waals surface area contributed by atoms with Crippen LogP contribution in [0.5, 0.6) is 11.5 Å². The Kier molecular flexibility index (Phi) is 4.42. The van der Waals surface area contributed by atoms with Gasteiger partial charge in [0.1, 0.15) is 22.6 Å². The summed E-state index contributed by atoms with van der Waals surface area (Å²) < 4.78 is 11.5. The smallest absolute Gasteiger partial charge is 0.263 e. The van der Waals surface area contributed by atoms with Gasteiger partial charge in [-0.05, 0) is 30.5 Å². The van der Waals surface area contributed by atoms with E-state index in [1.807, 2.05) is 48.0 Å². The zero-order valence-electron chi connectivity index (χ0n) is 13.5. The largest absolute Gasteiger partial charge is 0.486 e. The lowest BCUT2D eigenvalue weighted by atomic mass is 10.2. The zero-order chi connectivity index (χ0) is 17.2. The molecule has 0 radical (unpaired) electrons. The van der Waals surface area contributed by atoms with Gasteiger partial charge < -0.3 is 14.8 Å². The van der Waals surface area contributed by atoms with Crippen molar-refractivity contribution in [2.45, 2.75) is 13.0 Å². The highest BCUT2D eigenvalue weighted by molar-refractivity contribution is 7.17. The summed E-state index contributed by atoms with van der Waals surface area (Å²) in [5.74, 6) is 1.32. The second-order valence-corrected chi connectivity index (χ2v) is 7.43. The van der Waals surface area contributed by atoms with Crippen molar-refractivity contribution in [2.75, 3.05) is 13.2 Å². The van der Waals surface area contributed by atoms with Gasteiger partial charge in [0.15, 0.2) is 11.5 Å². The zero-order valence-corrected chi connectivity index (χ0v) is 15.2. The molecule has 1 N–H and O–H groups in total. The molecule has 25 heavy (non-hydrogen) atoms. The molecule has 2 aromatic heterocycles. The van der Waals surface area contributed by atoms with Crippen molar-refractivity contribution in [2.24, 2.45) is 0 Å². The molecule has 7 heteroatoms. The molecule has 3 heterocycles. The molecule has 1 unspecified atom stereocenters. The van der Waals surface area contributed by atoms with Gasteiger partial charge in [0.05, 0.1) is 12.2 Å². The van der Waals surface area contributed by atoms with Gasteiger partial charge in [0.2, 0.25) is 0 Å². The third-order valence-electron chi connectivity index (χ3n) is 3.83. The molecule has 0 saturated heterocycles. The van der Waals surface area contributed by atoms with E-state index in [0.717, 1.165) is 22.0 Å². The van der Waals surface area contributed by atoms with Crippen LogP contribution in [0.3, 0.4) is 0 Å². The van der Waals surface area contributed by atoms with Crippen LogP contribution in [0.15, 0.2) is 41.1 Å². The van der Waals surface area contributed by atoms with Gasteiger partial charge in [-0.15, -0.1) is 11.3 Å². The summed E-state index contributed by atoms with van der Waals surface area (Å²) in [6, 6.07) is 9.55. The van der Waals surface area contributed by atoms with E-state index in [9.17, 15) is 4.79 Å². The summed E-state index contributed by atoms with van der Waals surface area (Å²) in [7, 11) is 0. The summed E-state index contributed by atoms with van der Waals surface area (Å²) >= 11 is 3.03. The molecule has 0 fully saturated rings. The Labute approximate surface area is 153 Å². The highest BCUT2D eigenvalue weighted by Crippen LogP contribution is 2.31. The van der Waals surface area contributed by atoms with E-state index in [1.54, 1.807) is 11.3 Å². The van der Waals surface area contributed by atoms with Crippen molar-refractivity contribution in [3.63, 3.8) is 0 Å². The Hall–Kier alpha value is -2.38. The maximum absolute atomic E-state index is 12.5. The number of ether oxygens (including phenoxy) is 2. The van der Waals surface area contributed by atoms with E-state index >= 15 is 0 Å². The lowest BCUT2D eigenvalue weighted by Gasteiger charge is -2.26. The number of rotatable bonds is 4. The summed E-state index contributed by atoms with van der Waals surface area (Å²) in [4.78, 5) is 17.6. The van der Waals surface area contributed by atoms with Gasteiger partial charge in [-0.2, -0.15) is 11.3 Å². The third-order valence-corrected chi connectivity index (χ3v) is 5.72. The number of aromatic nitrogens is 1. The number of fused-ring (bicyclic) bond motifs is 1. The molecule has 1 aromatic carbocycles. The lowest BCUT2D eigenvalue weighted by molar-refractivity contribution is 0.0791. The summed E-state index contributed by atoms with van der Waals surface area (Å²) in [5.41, 5.74) is 1.80. The van der Waals surface area contributed by atoms with Crippen LogP contribution in [-0.4, -0.2) is 30.1 Å². The fourth-order valence-electron chi connectivity index (χ4n) is 2.57. The number of thiazole rings is 1. The third kappa shape index (κ3) is 3.38. The van der Waals surface area contributed by atoms with Crippen molar-refractivity contribution in [1.82, 2.24) is 10.3 Å². The van der Waals surface area contributed by atoms with Gasteiger partial charge in [0.25, 0.3) is 5.91 Å². The SMILES string of the molecule is Cc1nc(-c2ccsc2)sc1C(=O)NCC1COc2ccccc2O1. The number of nitrogens with one attached hydrogen (secondary N) is 1. The Balaban J connectivity index is 1.40. The van der Waals surface area contributed by atoms with Crippen LogP contribution in [0.2, 0.25) is 0 Å². The number of hydrogen-bond acceptors (Lipinski definition) is 6. The predicted molar refractivity (Wildman–Crippen MR) is 98.9 cm³/mol. The number of thiophene rings is 1. The Bertz CT molecular complexity index is 890. The van der Waals surface area contributed by atoms with Gasteiger partial charge in [-0.3, -0.25) is 4.79 Å². The van der Waals surface area contributed by atoms with Crippen molar-refractivity contribution >= 4 is 28.6 Å². The molecule has 1 atom stereocenters. The molecule has 128 valence electrons. The second kappa shape index (κ2) is 6.85. The molecule has 3 aromatic rings. The highest BCUT2D eigenvalue weighted by Gasteiger charge is 2.22. The lowest BCUT2D eigenvalue weighted by Crippen LogP contribution is -2.40. The number of aryl methyl sites for hydroxylation is 1. The number of hydrogen-bond donors (Lipinski definition) is 1. The molecular formula is C18H16N2O3S2. The molecule has 4 rings (SSSR count). The number of para-hydroxylation sites is 2. The van der Waals surface area contributed by atoms with E-state index in [-0.39, 0.29) is 12.0 Å². The average Bonchev–Trinajstić information content (AvgIpc) is 3.29. The van der Waals surface area contributed by atoms with Crippen LogP contribution in [0.1, 0.15) is 15.4 Å². The van der Waals surface area contributed by atoms with Crippen molar-refractivity contribution in [3.8, 4) is 22.1 Å². The predicted octanol–water partition coefficient (Wildman–Crippen LogP) is 3.75. The Morgan fingerprint density at radius 1 is 1.32 bits per heavy atom. The summed E-state index contributed by atoms with van der Waals surface area (Å²) in [5, 5.41) is 7.83. The second-order valence-electron chi connectivity index (χ2n) is 5.65. The molecule has 0 spiro atoms. The number of nitrogens with zero attached hydrogens (tertiary/aromatic N) is 1. The Morgan fingerprint density at radius 2 is 2.16 bits per heavy atom. The van der Waals surface area contributed by atoms with E-state index < -0.39 is 0 Å². The molecule has 0 saturated carbocycles. The van der Waals surface area contributed by atoms with Crippen LogP contribution in [-0.2, 0) is 0 Å². The van der Waals surface area contributed by atoms with E-state index in [1.165, 1.54) is 11.3 Å². The first-order chi connectivity index (χ1) is 12.2. The maximum Gasteiger partial charge on any atom is 0.263 e. The highest BCUT2D eigenvalue weighted by atomic mass is 32.1. The van der Waals surface area contributed by atoms with E-state index in [0.29, 0.717) is 23.8 Å². The van der Waals surface area contributed by atoms with Crippen LogP contribution in [0.4, 0.5) is 0 Å². The number of carbonyl (C=O) groups excluding carboxylic acids is 1. The maximum atomic E-state index is 12.5. The molecule has 1 aliphatic rings. The first kappa shape index (κ1) is 16.1. The van der Waals surface area contributed by atoms with Crippen LogP contribution < -0.4 is 14.8 Å². The summed E-state index contributed by atoms with van der Waals surface area (Å²) in [6.45, 7) is 2.66. The average molecular weight is 372 g/mol. The van der Waals surface area contributed by atoms with Crippen molar-refractivity contribution in [1.29, 1.82) is 0 Å². The minimum absolute atomic E-state index is 0.126. The van der Waals surface area contributed by atoms with Gasteiger partial charge >= 0.3 is 0 Å². The quantitative estimate of drug-likeness (QED) is 0.758. The van der Waals surface area contributed by atoms with Gasteiger partial charge in [-0.25, -0.2) is 4.98 Å². The standard InChI is InChI=1S/C18H16N2O3S2/c1-11-16(25-18(20-11)12-6-7-24-10-12)17(21)19-8-13-9-22-14-4-2-3-5-15(14)23-13/h2-7,10,13H,8-9H2,1H3,(H,19,21). The van der Waals surface area contributed by atoms with Crippen LogP contribution >= 0.6 is 22.7 Å². The van der Waals surface area contributed by atoms with Crippen molar-refractivity contribution in [3.05, 3.63) is 51.7 Å². The molecule has 5 nitrogen and oxygen atoms in total. The molecule has 0 bridgehead atoms. The van der Waals surface area contributed by atoms with E-state index in [4.69, 9.17) is 9.47 Å². The molecule has 1 aliphatic heterocycles. The first-order valence-electron chi connectivity index (χ1n) is 7.87. The van der Waals surface area contributed by atoms with Gasteiger partial charge in [0, 0.05) is 10.9 Å². The minimum Gasteiger partial charge on any atom is -0.486 e. The fraction of sp³-hybridized carbons (Fsp3) is 0.222. The normalized spacial score (nSPS) is 15.8. The van der Waals surface area contributed by atoms with Crippen LogP contribution in [0.25, 0.3) is 10.6 Å². The number of amides is 1. The van der Waals surface area contributed by atoms with Gasteiger partial charge in [-0.1, -0.05) is 12.1 Å². The van der Waals surface area contributed by atoms with Crippen molar-refractivity contribution < 1.29 is 14.3 Å². The Morgan fingerprint density at radius 3 is 2.96 bits per heavy atom. The fourth-order valence-corrected chi connectivity index (χ4v) is 4.26. The molecule has 1 amide bonds.